The van der Waals surface area contributed by atoms with Crippen molar-refractivity contribution in [3.8, 4) is 0 Å². The second-order valence-electron chi connectivity index (χ2n) is 9.07. The molecule has 2 aromatic rings. The first-order valence-corrected chi connectivity index (χ1v) is 12.2. The van der Waals surface area contributed by atoms with Gasteiger partial charge in [0.2, 0.25) is 0 Å². The van der Waals surface area contributed by atoms with Crippen molar-refractivity contribution in [2.75, 3.05) is 5.32 Å². The van der Waals surface area contributed by atoms with Gasteiger partial charge < -0.3 is 15.4 Å². The number of sulfone groups is 1. The Morgan fingerprint density at radius 2 is 2.00 bits per heavy atom. The van der Waals surface area contributed by atoms with Crippen molar-refractivity contribution in [1.29, 1.82) is 0 Å². The van der Waals surface area contributed by atoms with E-state index in [0.717, 1.165) is 54.6 Å². The van der Waals surface area contributed by atoms with Crippen LogP contribution in [0.4, 0.5) is 16.3 Å². The van der Waals surface area contributed by atoms with E-state index < -0.39 is 9.84 Å². The molecule has 0 saturated heterocycles. The van der Waals surface area contributed by atoms with Crippen molar-refractivity contribution in [2.24, 2.45) is 0 Å². The van der Waals surface area contributed by atoms with Gasteiger partial charge in [-0.05, 0) is 62.3 Å². The van der Waals surface area contributed by atoms with Crippen LogP contribution in [0.15, 0.2) is 24.3 Å². The van der Waals surface area contributed by atoms with E-state index in [1.54, 1.807) is 0 Å². The van der Waals surface area contributed by atoms with Gasteiger partial charge in [0.1, 0.15) is 6.10 Å². The van der Waals surface area contributed by atoms with Gasteiger partial charge >= 0.3 is 6.09 Å². The minimum absolute atomic E-state index is 0.0687. The zero-order valence-corrected chi connectivity index (χ0v) is 17.7. The Bertz CT molecular complexity index is 1090. The number of nitrogens with zero attached hydrogens (tertiary/aromatic N) is 1. The SMILES string of the molecule is CC1(NC(=O)O[C@@H]2CC[C@H](c3cc(Nc4ccc5c(c4)CS(=O)(=O)C5)n[nH]3)C2)CC1. The van der Waals surface area contributed by atoms with Gasteiger partial charge in [-0.25, -0.2) is 13.2 Å². The van der Waals surface area contributed by atoms with Crippen LogP contribution in [-0.2, 0) is 26.1 Å². The summed E-state index contributed by atoms with van der Waals surface area (Å²) in [6.07, 6.45) is 4.20. The highest BCUT2D eigenvalue weighted by Crippen LogP contribution is 2.38. The van der Waals surface area contributed by atoms with Crippen molar-refractivity contribution in [3.63, 3.8) is 0 Å². The fourth-order valence-electron chi connectivity index (χ4n) is 4.33. The Labute approximate surface area is 175 Å². The van der Waals surface area contributed by atoms with Crippen LogP contribution in [0.3, 0.4) is 0 Å². The Hall–Kier alpha value is -2.55. The molecule has 2 aliphatic carbocycles. The Morgan fingerprint density at radius 1 is 1.20 bits per heavy atom. The van der Waals surface area contributed by atoms with Crippen molar-refractivity contribution >= 4 is 27.4 Å². The molecule has 1 aliphatic heterocycles. The van der Waals surface area contributed by atoms with Crippen LogP contribution < -0.4 is 10.6 Å². The van der Waals surface area contributed by atoms with Gasteiger partial charge in [-0.3, -0.25) is 5.10 Å². The quantitative estimate of drug-likeness (QED) is 0.669. The summed E-state index contributed by atoms with van der Waals surface area (Å²) in [5.41, 5.74) is 3.49. The van der Waals surface area contributed by atoms with E-state index in [2.05, 4.69) is 20.8 Å². The molecular weight excluding hydrogens is 404 g/mol. The number of benzene rings is 1. The lowest BCUT2D eigenvalue weighted by atomic mass is 10.0. The number of ether oxygens (including phenoxy) is 1. The van der Waals surface area contributed by atoms with E-state index in [1.807, 2.05) is 31.2 Å². The predicted octanol–water partition coefficient (Wildman–Crippen LogP) is 3.50. The maximum absolute atomic E-state index is 12.0. The molecule has 3 N–H and O–H groups in total. The van der Waals surface area contributed by atoms with Gasteiger partial charge in [-0.1, -0.05) is 6.07 Å². The number of aromatic amines is 1. The van der Waals surface area contributed by atoms with Gasteiger partial charge in [-0.15, -0.1) is 0 Å². The molecule has 2 atom stereocenters. The van der Waals surface area contributed by atoms with Crippen LogP contribution in [-0.4, -0.2) is 36.4 Å². The molecule has 8 nitrogen and oxygen atoms in total. The molecule has 1 amide bonds. The van der Waals surface area contributed by atoms with Gasteiger partial charge in [-0.2, -0.15) is 5.10 Å². The molecule has 2 saturated carbocycles. The minimum Gasteiger partial charge on any atom is -0.446 e. The van der Waals surface area contributed by atoms with Crippen molar-refractivity contribution < 1.29 is 17.9 Å². The lowest BCUT2D eigenvalue weighted by Gasteiger charge is -2.16. The number of carbonyl (C=O) groups excluding carboxylic acids is 1. The average Bonchev–Trinajstić information content (AvgIpc) is 3.06. The number of rotatable bonds is 5. The third-order valence-corrected chi connectivity index (χ3v) is 7.83. The van der Waals surface area contributed by atoms with Gasteiger partial charge in [0, 0.05) is 28.9 Å². The molecule has 2 heterocycles. The van der Waals surface area contributed by atoms with Crippen LogP contribution in [0.2, 0.25) is 0 Å². The molecule has 0 bridgehead atoms. The molecule has 0 unspecified atom stereocenters. The highest BCUT2D eigenvalue weighted by atomic mass is 32.2. The zero-order chi connectivity index (χ0) is 20.9. The number of carbonyl (C=O) groups is 1. The standard InChI is InChI=1S/C21H26N4O4S/c1-21(6-7-21)23-20(26)29-17-5-3-13(9-17)18-10-19(25-24-18)22-16-4-2-14-11-30(27,28)12-15(14)8-16/h2,4,8,10,13,17H,3,5-7,9,11-12H2,1H3,(H,23,26)(H2,22,24,25)/t13-,17+/m0/s1. The second-order valence-corrected chi connectivity index (χ2v) is 11.1. The maximum atomic E-state index is 12.0. The normalized spacial score (nSPS) is 25.5. The number of fused-ring (bicyclic) bond motifs is 1. The molecule has 1 aromatic heterocycles. The van der Waals surface area contributed by atoms with E-state index in [4.69, 9.17) is 4.74 Å². The number of hydrogen-bond acceptors (Lipinski definition) is 6. The molecule has 160 valence electrons. The first-order valence-electron chi connectivity index (χ1n) is 10.4. The monoisotopic (exact) mass is 430 g/mol. The highest BCUT2D eigenvalue weighted by Gasteiger charge is 2.40. The molecule has 0 spiro atoms. The number of nitrogens with one attached hydrogen (secondary N) is 3. The Morgan fingerprint density at radius 3 is 2.80 bits per heavy atom. The molecule has 2 fully saturated rings. The van der Waals surface area contributed by atoms with Gasteiger partial charge in [0.15, 0.2) is 15.7 Å². The first-order chi connectivity index (χ1) is 14.3. The lowest BCUT2D eigenvalue weighted by Crippen LogP contribution is -2.36. The van der Waals surface area contributed by atoms with E-state index >= 15 is 0 Å². The first kappa shape index (κ1) is 19.4. The van der Waals surface area contributed by atoms with Gasteiger partial charge in [0.25, 0.3) is 0 Å². The highest BCUT2D eigenvalue weighted by molar-refractivity contribution is 7.90. The fourth-order valence-corrected chi connectivity index (χ4v) is 5.93. The molecule has 0 radical (unpaired) electrons. The number of H-pyrrole nitrogens is 1. The lowest BCUT2D eigenvalue weighted by molar-refractivity contribution is 0.0967. The maximum Gasteiger partial charge on any atom is 0.407 e. The van der Waals surface area contributed by atoms with Crippen molar-refractivity contribution in [3.05, 3.63) is 41.1 Å². The van der Waals surface area contributed by atoms with Crippen molar-refractivity contribution in [1.82, 2.24) is 15.5 Å². The van der Waals surface area contributed by atoms with E-state index in [0.29, 0.717) is 5.82 Å². The smallest absolute Gasteiger partial charge is 0.407 e. The Balaban J connectivity index is 1.18. The van der Waals surface area contributed by atoms with Crippen LogP contribution in [0.25, 0.3) is 0 Å². The Kier molecular flexibility index (Phi) is 4.53. The molecule has 5 rings (SSSR count). The summed E-state index contributed by atoms with van der Waals surface area (Å²) < 4.78 is 29.2. The molecule has 9 heteroatoms. The van der Waals surface area contributed by atoms with Crippen LogP contribution >= 0.6 is 0 Å². The topological polar surface area (TPSA) is 113 Å². The van der Waals surface area contributed by atoms with Crippen LogP contribution in [0.1, 0.15) is 61.8 Å². The van der Waals surface area contributed by atoms with E-state index in [-0.39, 0.29) is 35.2 Å². The molecule has 3 aliphatic rings. The average molecular weight is 431 g/mol. The minimum atomic E-state index is -3.01. The summed E-state index contributed by atoms with van der Waals surface area (Å²) in [5.74, 6) is 1.18. The predicted molar refractivity (Wildman–Crippen MR) is 112 cm³/mol. The van der Waals surface area contributed by atoms with E-state index in [1.165, 1.54) is 0 Å². The number of anilines is 2. The number of amides is 1. The number of aromatic nitrogens is 2. The summed E-state index contributed by atoms with van der Waals surface area (Å²) in [5, 5.41) is 13.6. The molecular formula is C21H26N4O4S. The van der Waals surface area contributed by atoms with Gasteiger partial charge in [0.05, 0.1) is 11.5 Å². The third-order valence-electron chi connectivity index (χ3n) is 6.33. The largest absolute Gasteiger partial charge is 0.446 e. The van der Waals surface area contributed by atoms with Crippen LogP contribution in [0, 0.1) is 0 Å². The summed E-state index contributed by atoms with van der Waals surface area (Å²) >= 11 is 0. The summed E-state index contributed by atoms with van der Waals surface area (Å²) in [6, 6.07) is 7.60. The fraction of sp³-hybridized carbons (Fsp3) is 0.524. The summed E-state index contributed by atoms with van der Waals surface area (Å²) in [7, 11) is -3.01. The molecule has 30 heavy (non-hydrogen) atoms. The molecule has 1 aromatic carbocycles. The summed E-state index contributed by atoms with van der Waals surface area (Å²) in [6.45, 7) is 2.03. The van der Waals surface area contributed by atoms with Crippen LogP contribution in [0.5, 0.6) is 0 Å². The van der Waals surface area contributed by atoms with Crippen molar-refractivity contribution in [2.45, 2.75) is 68.1 Å². The third kappa shape index (κ3) is 4.16. The zero-order valence-electron chi connectivity index (χ0n) is 16.9. The van der Waals surface area contributed by atoms with E-state index in [9.17, 15) is 13.2 Å². The summed E-state index contributed by atoms with van der Waals surface area (Å²) in [4.78, 5) is 12.0. The second kappa shape index (κ2) is 7.01. The number of alkyl carbamates (subject to hydrolysis) is 1. The number of hydrogen-bond donors (Lipinski definition) is 3.